The van der Waals surface area contributed by atoms with Gasteiger partial charge in [0.05, 0.1) is 18.2 Å². The fourth-order valence-corrected chi connectivity index (χ4v) is 3.85. The van der Waals surface area contributed by atoms with Crippen molar-refractivity contribution in [3.63, 3.8) is 0 Å². The third kappa shape index (κ3) is 2.70. The summed E-state index contributed by atoms with van der Waals surface area (Å²) < 4.78 is 11.3. The molecule has 2 atom stereocenters. The number of nitrogens with two attached hydrogens (primary N) is 1. The summed E-state index contributed by atoms with van der Waals surface area (Å²) in [6.07, 6.45) is 0.0385. The smallest absolute Gasteiger partial charge is 0.261 e. The van der Waals surface area contributed by atoms with Gasteiger partial charge in [-0.25, -0.2) is 4.99 Å². The zero-order valence-corrected chi connectivity index (χ0v) is 15.7. The molecule has 0 aliphatic carbocycles. The van der Waals surface area contributed by atoms with E-state index in [1.54, 1.807) is 20.2 Å². The Kier molecular flexibility index (Phi) is 4.28. The molecule has 4 rings (SSSR count). The first kappa shape index (κ1) is 18.0. The quantitative estimate of drug-likeness (QED) is 0.883. The molecular weight excluding hydrogens is 356 g/mol. The number of fused-ring (bicyclic) bond motifs is 2. The van der Waals surface area contributed by atoms with Crippen molar-refractivity contribution < 1.29 is 14.3 Å². The first-order chi connectivity index (χ1) is 13.5. The van der Waals surface area contributed by atoms with Gasteiger partial charge in [-0.2, -0.15) is 5.26 Å². The first-order valence-corrected chi connectivity index (χ1v) is 8.92. The highest BCUT2D eigenvalue weighted by Gasteiger charge is 2.53. The fraction of sp³-hybridized carbons (Fsp3) is 0.286. The lowest BCUT2D eigenvalue weighted by Gasteiger charge is -2.36. The van der Waals surface area contributed by atoms with E-state index in [1.165, 1.54) is 4.90 Å². The Morgan fingerprint density at radius 2 is 2.14 bits per heavy atom. The van der Waals surface area contributed by atoms with Gasteiger partial charge in [0.1, 0.15) is 11.9 Å². The zero-order chi connectivity index (χ0) is 19.9. The molecule has 7 nitrogen and oxygen atoms in total. The molecule has 0 aromatic heterocycles. The number of carbonyl (C=O) groups is 1. The summed E-state index contributed by atoms with van der Waals surface area (Å²) in [4.78, 5) is 19.1. The molecule has 1 amide bonds. The van der Waals surface area contributed by atoms with Crippen LogP contribution in [0.3, 0.4) is 0 Å². The molecule has 0 saturated carbocycles. The molecule has 2 aromatic carbocycles. The van der Waals surface area contributed by atoms with Gasteiger partial charge in [-0.05, 0) is 35.4 Å². The number of nitrogens with zero attached hydrogens (tertiary/aromatic N) is 3. The molecule has 7 heteroatoms. The number of hydrogen-bond acceptors (Lipinski definition) is 6. The van der Waals surface area contributed by atoms with Gasteiger partial charge < -0.3 is 15.2 Å². The van der Waals surface area contributed by atoms with Crippen LogP contribution in [-0.4, -0.2) is 43.6 Å². The molecule has 2 heterocycles. The Bertz CT molecular complexity index is 1030. The van der Waals surface area contributed by atoms with Crippen LogP contribution in [0, 0.1) is 11.3 Å². The van der Waals surface area contributed by atoms with Crippen LogP contribution < -0.4 is 10.5 Å². The van der Waals surface area contributed by atoms with Gasteiger partial charge >= 0.3 is 0 Å². The van der Waals surface area contributed by atoms with Crippen LogP contribution in [0.15, 0.2) is 47.5 Å². The predicted molar refractivity (Wildman–Crippen MR) is 104 cm³/mol. The van der Waals surface area contributed by atoms with E-state index in [0.29, 0.717) is 29.9 Å². The lowest BCUT2D eigenvalue weighted by Crippen LogP contribution is -2.46. The second kappa shape index (κ2) is 6.66. The largest absolute Gasteiger partial charge is 0.488 e. The number of nitriles is 1. The lowest BCUT2D eigenvalue weighted by molar-refractivity contribution is -0.132. The summed E-state index contributed by atoms with van der Waals surface area (Å²) in [6, 6.07) is 15.1. The molecular formula is C21H20N4O3. The first-order valence-electron chi connectivity index (χ1n) is 8.92. The summed E-state index contributed by atoms with van der Waals surface area (Å²) in [5.41, 5.74) is 7.86. The normalized spacial score (nSPS) is 23.2. The number of aliphatic imine (C=N–C) groups is 1. The molecule has 28 heavy (non-hydrogen) atoms. The van der Waals surface area contributed by atoms with Crippen molar-refractivity contribution in [1.29, 1.82) is 5.26 Å². The molecule has 0 fully saturated rings. The number of methoxy groups -OCH3 is 1. The molecule has 2 N–H and O–H groups in total. The van der Waals surface area contributed by atoms with E-state index in [9.17, 15) is 10.1 Å². The van der Waals surface area contributed by atoms with Gasteiger partial charge in [0.2, 0.25) is 0 Å². The van der Waals surface area contributed by atoms with Gasteiger partial charge in [-0.15, -0.1) is 0 Å². The molecule has 1 spiro atoms. The topological polar surface area (TPSA) is 101 Å². The Labute approximate surface area is 163 Å². The summed E-state index contributed by atoms with van der Waals surface area (Å²) in [6.45, 7) is 0.347. The third-order valence-electron chi connectivity index (χ3n) is 5.23. The van der Waals surface area contributed by atoms with E-state index in [0.717, 1.165) is 11.1 Å². The van der Waals surface area contributed by atoms with Gasteiger partial charge in [-0.3, -0.25) is 9.69 Å². The predicted octanol–water partition coefficient (Wildman–Crippen LogP) is 2.00. The third-order valence-corrected chi connectivity index (χ3v) is 5.23. The van der Waals surface area contributed by atoms with E-state index in [-0.39, 0.29) is 18.0 Å². The van der Waals surface area contributed by atoms with Crippen LogP contribution in [0.5, 0.6) is 5.75 Å². The van der Waals surface area contributed by atoms with Gasteiger partial charge in [0, 0.05) is 26.1 Å². The lowest BCUT2D eigenvalue weighted by atomic mass is 9.80. The molecule has 0 bridgehead atoms. The van der Waals surface area contributed by atoms with E-state index in [4.69, 9.17) is 15.2 Å². The van der Waals surface area contributed by atoms with E-state index in [2.05, 4.69) is 11.1 Å². The minimum Gasteiger partial charge on any atom is -0.488 e. The van der Waals surface area contributed by atoms with Crippen LogP contribution in [-0.2, 0) is 15.1 Å². The average molecular weight is 376 g/mol. The Balaban J connectivity index is 1.87. The highest BCUT2D eigenvalue weighted by atomic mass is 16.5. The Hall–Kier alpha value is -3.37. The van der Waals surface area contributed by atoms with E-state index >= 15 is 0 Å². The maximum absolute atomic E-state index is 13.1. The van der Waals surface area contributed by atoms with E-state index < -0.39 is 5.54 Å². The van der Waals surface area contributed by atoms with Crippen molar-refractivity contribution >= 4 is 11.9 Å². The van der Waals surface area contributed by atoms with Crippen molar-refractivity contribution in [2.24, 2.45) is 10.7 Å². The van der Waals surface area contributed by atoms with Crippen LogP contribution in [0.25, 0.3) is 11.1 Å². The second-order valence-electron chi connectivity index (χ2n) is 7.00. The number of ether oxygens (including phenoxy) is 2. The monoisotopic (exact) mass is 376 g/mol. The van der Waals surface area contributed by atoms with Crippen molar-refractivity contribution in [3.8, 4) is 22.9 Å². The number of carbonyl (C=O) groups excluding carboxylic acids is 1. The van der Waals surface area contributed by atoms with Crippen molar-refractivity contribution in [2.75, 3.05) is 20.8 Å². The van der Waals surface area contributed by atoms with E-state index in [1.807, 2.05) is 36.4 Å². The van der Waals surface area contributed by atoms with Gasteiger partial charge in [0.25, 0.3) is 5.91 Å². The minimum absolute atomic E-state index is 0.182. The summed E-state index contributed by atoms with van der Waals surface area (Å²) >= 11 is 0. The summed E-state index contributed by atoms with van der Waals surface area (Å²) in [7, 11) is 3.22. The molecule has 142 valence electrons. The molecule has 2 aliphatic heterocycles. The fourth-order valence-electron chi connectivity index (χ4n) is 3.85. The highest BCUT2D eigenvalue weighted by Crippen LogP contribution is 2.47. The molecule has 2 aromatic rings. The van der Waals surface area contributed by atoms with Crippen molar-refractivity contribution in [3.05, 3.63) is 53.6 Å². The second-order valence-corrected chi connectivity index (χ2v) is 7.00. The number of rotatable bonds is 3. The number of amides is 1. The number of benzene rings is 2. The van der Waals surface area contributed by atoms with Crippen molar-refractivity contribution in [2.45, 2.75) is 18.1 Å². The number of guanidine groups is 1. The number of likely N-dealkylation sites (N-methyl/N-ethyl adjacent to an activating group) is 1. The van der Waals surface area contributed by atoms with Crippen LogP contribution in [0.2, 0.25) is 0 Å². The minimum atomic E-state index is -1.13. The molecule has 0 radical (unpaired) electrons. The molecule has 2 unspecified atom stereocenters. The SMILES string of the molecule is COCC1CC2(N=C(N)N(C)C2=O)c2cc(-c3cccc(C#N)c3)ccc2O1. The highest BCUT2D eigenvalue weighted by molar-refractivity contribution is 6.07. The zero-order valence-electron chi connectivity index (χ0n) is 15.7. The Morgan fingerprint density at radius 1 is 1.36 bits per heavy atom. The standard InChI is InChI=1S/C21H20N4O3/c1-25-19(26)21(24-20(25)23)10-16(12-27-2)28-18-7-6-15(9-17(18)21)14-5-3-4-13(8-14)11-22/h3-9,16H,10,12H2,1-2H3,(H2,23,24). The van der Waals surface area contributed by atoms with Crippen LogP contribution in [0.4, 0.5) is 0 Å². The molecule has 2 aliphatic rings. The van der Waals surface area contributed by atoms with Gasteiger partial charge in [-0.1, -0.05) is 18.2 Å². The van der Waals surface area contributed by atoms with Crippen LogP contribution >= 0.6 is 0 Å². The summed E-state index contributed by atoms with van der Waals surface area (Å²) in [5.74, 6) is 0.596. The average Bonchev–Trinajstić information content (AvgIpc) is 2.92. The van der Waals surface area contributed by atoms with Gasteiger partial charge in [0.15, 0.2) is 11.5 Å². The molecule has 0 saturated heterocycles. The summed E-state index contributed by atoms with van der Waals surface area (Å²) in [5, 5.41) is 9.18. The Morgan fingerprint density at radius 3 is 2.82 bits per heavy atom. The maximum Gasteiger partial charge on any atom is 0.261 e. The number of hydrogen-bond donors (Lipinski definition) is 1. The maximum atomic E-state index is 13.1. The van der Waals surface area contributed by atoms with Crippen LogP contribution in [0.1, 0.15) is 17.5 Å². The van der Waals surface area contributed by atoms with Crippen molar-refractivity contribution in [1.82, 2.24) is 4.90 Å².